The van der Waals surface area contributed by atoms with E-state index >= 15 is 0 Å². The fourth-order valence-electron chi connectivity index (χ4n) is 0.463. The summed E-state index contributed by atoms with van der Waals surface area (Å²) in [5, 5.41) is 0. The van der Waals surface area contributed by atoms with Crippen molar-refractivity contribution < 1.29 is 9.18 Å². The first-order chi connectivity index (χ1) is 6.35. The third kappa shape index (κ3) is 18.1. The second kappa shape index (κ2) is 22.4. The fourth-order valence-corrected chi connectivity index (χ4v) is 0.463. The highest BCUT2D eigenvalue weighted by Crippen LogP contribution is 1.90. The Morgan fingerprint density at radius 1 is 1.31 bits per heavy atom. The van der Waals surface area contributed by atoms with E-state index in [2.05, 4.69) is 6.58 Å². The Morgan fingerprint density at radius 3 is 2.00 bits per heavy atom. The van der Waals surface area contributed by atoms with Crippen LogP contribution in [0.4, 0.5) is 4.39 Å². The molecule has 1 nitrogen and oxygen atoms in total. The van der Waals surface area contributed by atoms with E-state index in [-0.39, 0.29) is 0 Å². The van der Waals surface area contributed by atoms with Crippen molar-refractivity contribution in [3.05, 3.63) is 36.5 Å². The van der Waals surface area contributed by atoms with E-state index in [0.29, 0.717) is 12.8 Å². The van der Waals surface area contributed by atoms with E-state index < -0.39 is 0 Å². The van der Waals surface area contributed by atoms with Crippen LogP contribution in [0.1, 0.15) is 20.8 Å². The van der Waals surface area contributed by atoms with Gasteiger partial charge >= 0.3 is 0 Å². The summed E-state index contributed by atoms with van der Waals surface area (Å²) >= 11 is 0. The van der Waals surface area contributed by atoms with Crippen LogP contribution < -0.4 is 0 Å². The summed E-state index contributed by atoms with van der Waals surface area (Å²) in [6, 6.07) is 0. The largest absolute Gasteiger partial charge is 0.298 e. The van der Waals surface area contributed by atoms with E-state index in [1.54, 1.807) is 18.2 Å². The number of hydrogen-bond acceptors (Lipinski definition) is 1. The summed E-state index contributed by atoms with van der Waals surface area (Å²) in [5.74, 6) is 0. The monoisotopic (exact) mass is 186 g/mol. The quantitative estimate of drug-likeness (QED) is 0.374. The van der Waals surface area contributed by atoms with Gasteiger partial charge in [0.05, 0.1) is 7.18 Å². The number of carbonyl (C=O) groups excluding carboxylic acids is 1. The van der Waals surface area contributed by atoms with Crippen molar-refractivity contribution in [2.75, 3.05) is 7.18 Å². The zero-order valence-corrected chi connectivity index (χ0v) is 8.88. The molecule has 2 heteroatoms. The van der Waals surface area contributed by atoms with Gasteiger partial charge in [0.25, 0.3) is 0 Å². The van der Waals surface area contributed by atoms with Gasteiger partial charge in [-0.3, -0.25) is 9.18 Å². The highest BCUT2D eigenvalue weighted by Gasteiger charge is 1.80. The van der Waals surface area contributed by atoms with E-state index in [4.69, 9.17) is 0 Å². The number of halogens is 1. The molecule has 0 amide bonds. The number of hydrogen-bond donors (Lipinski definition) is 0. The molecule has 0 atom stereocenters. The molecule has 0 spiro atoms. The number of alkyl halides is 1. The summed E-state index contributed by atoms with van der Waals surface area (Å²) < 4.78 is 9.50. The molecular weight excluding hydrogens is 167 g/mol. The van der Waals surface area contributed by atoms with Crippen molar-refractivity contribution in [3.63, 3.8) is 0 Å². The molecule has 0 aliphatic rings. The summed E-state index contributed by atoms with van der Waals surface area (Å²) in [7, 11) is 0.500. The zero-order chi connectivity index (χ0) is 11.1. The maximum Gasteiger partial charge on any atom is 0.150 e. The lowest BCUT2D eigenvalue weighted by Crippen LogP contribution is -1.75. The molecule has 0 radical (unpaired) electrons. The predicted molar refractivity (Wildman–Crippen MR) is 57.5 cm³/mol. The van der Waals surface area contributed by atoms with Crippen molar-refractivity contribution in [3.8, 4) is 0 Å². The Bertz CT molecular complexity index is 157. The average molecular weight is 186 g/mol. The first kappa shape index (κ1) is 17.8. The highest BCUT2D eigenvalue weighted by atomic mass is 19.1. The van der Waals surface area contributed by atoms with Crippen LogP contribution in [0, 0.1) is 0 Å². The third-order valence-corrected chi connectivity index (χ3v) is 0.806. The second-order valence-electron chi connectivity index (χ2n) is 1.52. The van der Waals surface area contributed by atoms with Gasteiger partial charge in [0.1, 0.15) is 6.29 Å². The SMILES string of the molecule is C=C/C=C(C=O)\C=C/C.CC.CF. The van der Waals surface area contributed by atoms with Crippen LogP contribution >= 0.6 is 0 Å². The van der Waals surface area contributed by atoms with E-state index in [9.17, 15) is 9.18 Å². The van der Waals surface area contributed by atoms with Crippen LogP contribution in [0.25, 0.3) is 0 Å². The van der Waals surface area contributed by atoms with E-state index in [1.165, 1.54) is 0 Å². The van der Waals surface area contributed by atoms with Gasteiger partial charge in [-0.1, -0.05) is 44.7 Å². The maximum absolute atomic E-state index is 10.1. The van der Waals surface area contributed by atoms with Crippen LogP contribution in [0.15, 0.2) is 36.5 Å². The molecule has 76 valence electrons. The predicted octanol–water partition coefficient (Wildman–Crippen LogP) is 3.49. The molecule has 0 heterocycles. The molecule has 13 heavy (non-hydrogen) atoms. The molecule has 0 aromatic carbocycles. The zero-order valence-electron chi connectivity index (χ0n) is 8.88. The van der Waals surface area contributed by atoms with Gasteiger partial charge in [-0.05, 0) is 6.92 Å². The summed E-state index contributed by atoms with van der Waals surface area (Å²) in [6.45, 7) is 9.32. The van der Waals surface area contributed by atoms with Crippen molar-refractivity contribution in [2.24, 2.45) is 0 Å². The van der Waals surface area contributed by atoms with Crippen LogP contribution in [-0.2, 0) is 4.79 Å². The molecule has 0 saturated carbocycles. The lowest BCUT2D eigenvalue weighted by Gasteiger charge is -1.81. The smallest absolute Gasteiger partial charge is 0.150 e. The van der Waals surface area contributed by atoms with Crippen molar-refractivity contribution in [1.29, 1.82) is 0 Å². The Morgan fingerprint density at radius 2 is 1.77 bits per heavy atom. The Balaban J connectivity index is -0.000000218. The molecule has 0 N–H and O–H groups in total. The minimum atomic E-state index is 0.500. The highest BCUT2D eigenvalue weighted by molar-refractivity contribution is 5.77. The van der Waals surface area contributed by atoms with Crippen molar-refractivity contribution in [1.82, 2.24) is 0 Å². The number of allylic oxidation sites excluding steroid dienone is 5. The molecule has 0 rings (SSSR count). The number of carbonyl (C=O) groups is 1. The van der Waals surface area contributed by atoms with Crippen molar-refractivity contribution >= 4 is 6.29 Å². The molecule has 0 aromatic rings. The molecule has 0 unspecified atom stereocenters. The molecule has 0 aliphatic carbocycles. The summed E-state index contributed by atoms with van der Waals surface area (Å²) in [5.41, 5.74) is 0.646. The minimum Gasteiger partial charge on any atom is -0.298 e. The topological polar surface area (TPSA) is 17.1 Å². The van der Waals surface area contributed by atoms with Crippen molar-refractivity contribution in [2.45, 2.75) is 20.8 Å². The van der Waals surface area contributed by atoms with Crippen LogP contribution in [-0.4, -0.2) is 13.5 Å². The van der Waals surface area contributed by atoms with Gasteiger partial charge in [-0.25, -0.2) is 0 Å². The summed E-state index contributed by atoms with van der Waals surface area (Å²) in [6.07, 6.45) is 7.58. The minimum absolute atomic E-state index is 0.500. The molecule has 0 bridgehead atoms. The van der Waals surface area contributed by atoms with E-state index in [1.807, 2.05) is 26.8 Å². The van der Waals surface area contributed by atoms with Gasteiger partial charge in [0.2, 0.25) is 0 Å². The molecule has 0 fully saturated rings. The second-order valence-corrected chi connectivity index (χ2v) is 1.52. The van der Waals surface area contributed by atoms with Gasteiger partial charge < -0.3 is 0 Å². The van der Waals surface area contributed by atoms with E-state index in [0.717, 1.165) is 6.29 Å². The standard InChI is InChI=1S/C8H10O.C2H6.CH3F/c1-3-5-8(7-9)6-4-2;2*1-2/h3-7H,1H2,2H3;1-2H3;1H3/b6-4-,8-5+;;. The lowest BCUT2D eigenvalue weighted by atomic mass is 10.2. The summed E-state index contributed by atoms with van der Waals surface area (Å²) in [4.78, 5) is 10.1. The van der Waals surface area contributed by atoms with Gasteiger partial charge in [-0.2, -0.15) is 0 Å². The van der Waals surface area contributed by atoms with Crippen LogP contribution in [0.2, 0.25) is 0 Å². The molecule has 0 aliphatic heterocycles. The normalized spacial score (nSPS) is 9.15. The first-order valence-corrected chi connectivity index (χ1v) is 4.13. The van der Waals surface area contributed by atoms with Gasteiger partial charge in [0, 0.05) is 5.57 Å². The van der Waals surface area contributed by atoms with Gasteiger partial charge in [0.15, 0.2) is 0 Å². The lowest BCUT2D eigenvalue weighted by molar-refractivity contribution is -0.104. The van der Waals surface area contributed by atoms with Gasteiger partial charge in [-0.15, -0.1) is 0 Å². The Hall–Kier alpha value is -1.18. The molecule has 0 aromatic heterocycles. The van der Waals surface area contributed by atoms with Crippen LogP contribution in [0.5, 0.6) is 0 Å². The Labute approximate surface area is 80.7 Å². The number of rotatable bonds is 3. The average Bonchev–Trinajstić information content (AvgIpc) is 2.23. The maximum atomic E-state index is 10.1. The third-order valence-electron chi connectivity index (χ3n) is 0.806. The fraction of sp³-hybridized carbons (Fsp3) is 0.364. The van der Waals surface area contributed by atoms with Crippen LogP contribution in [0.3, 0.4) is 0 Å². The molecular formula is C11H19FO. The Kier molecular flexibility index (Phi) is 30.7. The first-order valence-electron chi connectivity index (χ1n) is 4.13. The molecule has 0 saturated heterocycles. The number of aldehydes is 1.